The maximum atomic E-state index is 13.6. The molecule has 1 fully saturated rings. The summed E-state index contributed by atoms with van der Waals surface area (Å²) >= 11 is 0. The molecule has 1 N–H and O–H groups in total. The molecule has 0 bridgehead atoms. The molecule has 0 aliphatic carbocycles. The van der Waals surface area contributed by atoms with E-state index in [4.69, 9.17) is 4.74 Å². The van der Waals surface area contributed by atoms with Crippen LogP contribution in [0.1, 0.15) is 10.5 Å². The van der Waals surface area contributed by atoms with E-state index in [1.54, 1.807) is 0 Å². The number of amides is 1. The molecule has 1 saturated heterocycles. The third kappa shape index (κ3) is 3.59. The molecule has 2 aromatic rings. The van der Waals surface area contributed by atoms with Crippen LogP contribution in [0.4, 0.5) is 20.4 Å². The molecule has 8 heteroatoms. The van der Waals surface area contributed by atoms with Gasteiger partial charge < -0.3 is 15.0 Å². The minimum Gasteiger partial charge on any atom is -0.378 e. The van der Waals surface area contributed by atoms with Gasteiger partial charge in [0.15, 0.2) is 0 Å². The molecule has 1 aromatic heterocycles. The zero-order valence-electron chi connectivity index (χ0n) is 12.1. The van der Waals surface area contributed by atoms with Crippen LogP contribution in [0.3, 0.4) is 0 Å². The van der Waals surface area contributed by atoms with Gasteiger partial charge in [-0.2, -0.15) is 0 Å². The van der Waals surface area contributed by atoms with E-state index >= 15 is 0 Å². The van der Waals surface area contributed by atoms with Gasteiger partial charge in [-0.3, -0.25) is 4.79 Å². The van der Waals surface area contributed by atoms with Gasteiger partial charge in [-0.15, -0.1) is 0 Å². The van der Waals surface area contributed by atoms with E-state index < -0.39 is 17.5 Å². The monoisotopic (exact) mass is 320 g/mol. The molecular formula is C15H14F2N4O2. The molecule has 0 radical (unpaired) electrons. The predicted molar refractivity (Wildman–Crippen MR) is 79.4 cm³/mol. The average Bonchev–Trinajstić information content (AvgIpc) is 2.58. The highest BCUT2D eigenvalue weighted by Gasteiger charge is 2.17. The Hall–Kier alpha value is -2.61. The molecule has 1 aliphatic heterocycles. The Labute approximate surface area is 131 Å². The highest BCUT2D eigenvalue weighted by molar-refractivity contribution is 6.03. The lowest BCUT2D eigenvalue weighted by molar-refractivity contribution is 0.102. The molecule has 1 amide bonds. The quantitative estimate of drug-likeness (QED) is 0.935. The van der Waals surface area contributed by atoms with Gasteiger partial charge >= 0.3 is 0 Å². The van der Waals surface area contributed by atoms with Crippen molar-refractivity contribution in [3.8, 4) is 0 Å². The fraction of sp³-hybridized carbons (Fsp3) is 0.267. The molecule has 23 heavy (non-hydrogen) atoms. The summed E-state index contributed by atoms with van der Waals surface area (Å²) < 4.78 is 31.7. The van der Waals surface area contributed by atoms with Gasteiger partial charge in [0.1, 0.15) is 17.3 Å². The second kappa shape index (κ2) is 6.66. The van der Waals surface area contributed by atoms with Crippen molar-refractivity contribution >= 4 is 17.5 Å². The van der Waals surface area contributed by atoms with Gasteiger partial charge in [-0.1, -0.05) is 0 Å². The number of aromatic nitrogens is 2. The van der Waals surface area contributed by atoms with Crippen LogP contribution < -0.4 is 10.2 Å². The lowest BCUT2D eigenvalue weighted by atomic mass is 10.3. The summed E-state index contributed by atoms with van der Waals surface area (Å²) in [5, 5.41) is 2.37. The molecule has 0 spiro atoms. The number of nitrogens with zero attached hydrogens (tertiary/aromatic N) is 3. The number of anilines is 2. The van der Waals surface area contributed by atoms with E-state index in [0.29, 0.717) is 38.3 Å². The Morgan fingerprint density at radius 1 is 1.22 bits per heavy atom. The zero-order valence-corrected chi connectivity index (χ0v) is 12.1. The van der Waals surface area contributed by atoms with Crippen molar-refractivity contribution in [3.63, 3.8) is 0 Å². The maximum absolute atomic E-state index is 13.6. The van der Waals surface area contributed by atoms with Crippen molar-refractivity contribution < 1.29 is 18.3 Å². The maximum Gasteiger partial charge on any atom is 0.274 e. The summed E-state index contributed by atoms with van der Waals surface area (Å²) in [6, 6.07) is 4.36. The van der Waals surface area contributed by atoms with Crippen molar-refractivity contribution in [2.75, 3.05) is 36.5 Å². The van der Waals surface area contributed by atoms with E-state index in [-0.39, 0.29) is 11.4 Å². The minimum absolute atomic E-state index is 0.102. The van der Waals surface area contributed by atoms with Crippen molar-refractivity contribution in [1.82, 2.24) is 9.97 Å². The van der Waals surface area contributed by atoms with Crippen LogP contribution >= 0.6 is 0 Å². The topological polar surface area (TPSA) is 67.4 Å². The number of ether oxygens (including phenoxy) is 1. The van der Waals surface area contributed by atoms with Gasteiger partial charge in [-0.05, 0) is 18.2 Å². The van der Waals surface area contributed by atoms with E-state index in [1.807, 2.05) is 4.90 Å². The molecule has 120 valence electrons. The van der Waals surface area contributed by atoms with E-state index in [0.717, 1.165) is 12.1 Å². The first kappa shape index (κ1) is 15.3. The highest BCUT2D eigenvalue weighted by Crippen LogP contribution is 2.16. The Bertz CT molecular complexity index is 720. The van der Waals surface area contributed by atoms with Crippen LogP contribution in [0, 0.1) is 11.6 Å². The standard InChI is InChI=1S/C15H14F2N4O2/c16-10-1-2-12(11(17)9-10)19-14(22)13-3-4-18-15(20-13)21-5-7-23-8-6-21/h1-4,9H,5-8H2,(H,19,22). The third-order valence-corrected chi connectivity index (χ3v) is 3.35. The van der Waals surface area contributed by atoms with Crippen molar-refractivity contribution in [1.29, 1.82) is 0 Å². The smallest absolute Gasteiger partial charge is 0.274 e. The average molecular weight is 320 g/mol. The van der Waals surface area contributed by atoms with E-state index in [2.05, 4.69) is 15.3 Å². The lowest BCUT2D eigenvalue weighted by Crippen LogP contribution is -2.37. The normalized spacial score (nSPS) is 14.6. The first-order valence-corrected chi connectivity index (χ1v) is 7.05. The summed E-state index contributed by atoms with van der Waals surface area (Å²) in [5.74, 6) is -1.73. The van der Waals surface area contributed by atoms with E-state index in [9.17, 15) is 13.6 Å². The SMILES string of the molecule is O=C(Nc1ccc(F)cc1F)c1ccnc(N2CCOCC2)n1. The number of hydrogen-bond donors (Lipinski definition) is 1. The largest absolute Gasteiger partial charge is 0.378 e. The second-order valence-electron chi connectivity index (χ2n) is 4.92. The van der Waals surface area contributed by atoms with Crippen LogP contribution in [0.25, 0.3) is 0 Å². The zero-order chi connectivity index (χ0) is 16.2. The van der Waals surface area contributed by atoms with Gasteiger partial charge in [0.25, 0.3) is 5.91 Å². The van der Waals surface area contributed by atoms with Gasteiger partial charge in [0, 0.05) is 25.4 Å². The molecular weight excluding hydrogens is 306 g/mol. The molecule has 3 rings (SSSR count). The Balaban J connectivity index is 1.76. The number of halogens is 2. The van der Waals surface area contributed by atoms with Gasteiger partial charge in [0.05, 0.1) is 18.9 Å². The van der Waals surface area contributed by atoms with Crippen LogP contribution in [-0.2, 0) is 4.74 Å². The molecule has 0 saturated carbocycles. The highest BCUT2D eigenvalue weighted by atomic mass is 19.1. The van der Waals surface area contributed by atoms with Gasteiger partial charge in [-0.25, -0.2) is 18.7 Å². The van der Waals surface area contributed by atoms with Crippen molar-refractivity contribution in [2.24, 2.45) is 0 Å². The van der Waals surface area contributed by atoms with Crippen molar-refractivity contribution in [3.05, 3.63) is 47.8 Å². The summed E-state index contributed by atoms with van der Waals surface area (Å²) in [7, 11) is 0. The van der Waals surface area contributed by atoms with Crippen molar-refractivity contribution in [2.45, 2.75) is 0 Å². The number of hydrogen-bond acceptors (Lipinski definition) is 5. The molecule has 0 atom stereocenters. The Morgan fingerprint density at radius 3 is 2.74 bits per heavy atom. The molecule has 1 aromatic carbocycles. The lowest BCUT2D eigenvalue weighted by Gasteiger charge is -2.26. The number of morpholine rings is 1. The molecule has 0 unspecified atom stereocenters. The summed E-state index contributed by atoms with van der Waals surface area (Å²) in [6.07, 6.45) is 1.47. The number of carbonyl (C=O) groups is 1. The Morgan fingerprint density at radius 2 is 2.00 bits per heavy atom. The number of nitrogens with one attached hydrogen (secondary N) is 1. The number of benzene rings is 1. The summed E-state index contributed by atoms with van der Waals surface area (Å²) in [4.78, 5) is 22.4. The number of rotatable bonds is 3. The fourth-order valence-electron chi connectivity index (χ4n) is 2.17. The van der Waals surface area contributed by atoms with Gasteiger partial charge in [0.2, 0.25) is 5.95 Å². The Kier molecular flexibility index (Phi) is 4.42. The fourth-order valence-corrected chi connectivity index (χ4v) is 2.17. The predicted octanol–water partition coefficient (Wildman–Crippen LogP) is 1.84. The third-order valence-electron chi connectivity index (χ3n) is 3.35. The van der Waals surface area contributed by atoms with Crippen LogP contribution in [0.15, 0.2) is 30.5 Å². The van der Waals surface area contributed by atoms with Crippen LogP contribution in [0.2, 0.25) is 0 Å². The van der Waals surface area contributed by atoms with Crippen LogP contribution in [-0.4, -0.2) is 42.2 Å². The number of carbonyl (C=O) groups excluding carboxylic acids is 1. The molecule has 2 heterocycles. The molecule has 1 aliphatic rings. The van der Waals surface area contributed by atoms with E-state index in [1.165, 1.54) is 12.3 Å². The molecule has 6 nitrogen and oxygen atoms in total. The second-order valence-corrected chi connectivity index (χ2v) is 4.92. The first-order chi connectivity index (χ1) is 11.1. The minimum atomic E-state index is -0.846. The summed E-state index contributed by atoms with van der Waals surface area (Å²) in [5.41, 5.74) is -0.00634. The first-order valence-electron chi connectivity index (χ1n) is 7.05. The summed E-state index contributed by atoms with van der Waals surface area (Å²) in [6.45, 7) is 2.41. The van der Waals surface area contributed by atoms with Crippen LogP contribution in [0.5, 0.6) is 0 Å².